The second kappa shape index (κ2) is 5.79. The monoisotopic (exact) mass is 300 g/mol. The molecule has 6 heteroatoms. The SMILES string of the molecule is C[C@@H]1CCC[C@H](C)N1S(=O)(=O)c1ccc(F)c(CN)c1. The average Bonchev–Trinajstić information content (AvgIpc) is 2.38. The van der Waals surface area contributed by atoms with Crippen LogP contribution in [0.3, 0.4) is 0 Å². The molecule has 2 atom stereocenters. The van der Waals surface area contributed by atoms with Crippen LogP contribution in [-0.2, 0) is 16.6 Å². The van der Waals surface area contributed by atoms with E-state index < -0.39 is 15.8 Å². The van der Waals surface area contributed by atoms with Crippen molar-refractivity contribution in [3.8, 4) is 0 Å². The van der Waals surface area contributed by atoms with Crippen molar-refractivity contribution in [2.24, 2.45) is 5.73 Å². The first kappa shape index (κ1) is 15.4. The van der Waals surface area contributed by atoms with Crippen LogP contribution in [0.25, 0.3) is 0 Å². The Morgan fingerprint density at radius 3 is 2.45 bits per heavy atom. The summed E-state index contributed by atoms with van der Waals surface area (Å²) >= 11 is 0. The van der Waals surface area contributed by atoms with E-state index in [4.69, 9.17) is 5.73 Å². The zero-order valence-corrected chi connectivity index (χ0v) is 12.7. The summed E-state index contributed by atoms with van der Waals surface area (Å²) in [5.74, 6) is -0.466. The minimum atomic E-state index is -3.60. The summed E-state index contributed by atoms with van der Waals surface area (Å²) in [5.41, 5.74) is 5.67. The van der Waals surface area contributed by atoms with Crippen LogP contribution in [0.2, 0.25) is 0 Å². The zero-order valence-electron chi connectivity index (χ0n) is 11.8. The van der Waals surface area contributed by atoms with Crippen LogP contribution in [-0.4, -0.2) is 24.8 Å². The Balaban J connectivity index is 2.43. The third kappa shape index (κ3) is 2.73. The lowest BCUT2D eigenvalue weighted by Gasteiger charge is -2.37. The van der Waals surface area contributed by atoms with E-state index >= 15 is 0 Å². The zero-order chi connectivity index (χ0) is 14.9. The number of halogens is 1. The van der Waals surface area contributed by atoms with Crippen LogP contribution >= 0.6 is 0 Å². The number of benzene rings is 1. The number of piperidine rings is 1. The van der Waals surface area contributed by atoms with Gasteiger partial charge >= 0.3 is 0 Å². The van der Waals surface area contributed by atoms with Crippen LogP contribution in [0.1, 0.15) is 38.7 Å². The third-order valence-corrected chi connectivity index (χ3v) is 6.05. The Kier molecular flexibility index (Phi) is 4.46. The molecule has 1 fully saturated rings. The summed E-state index contributed by atoms with van der Waals surface area (Å²) in [5, 5.41) is 0. The molecule has 2 rings (SSSR count). The number of hydrogen-bond donors (Lipinski definition) is 1. The van der Waals surface area contributed by atoms with Crippen molar-refractivity contribution in [2.45, 2.75) is 56.6 Å². The molecule has 4 nitrogen and oxygen atoms in total. The summed E-state index contributed by atoms with van der Waals surface area (Å²) in [7, 11) is -3.60. The van der Waals surface area contributed by atoms with E-state index in [2.05, 4.69) is 0 Å². The molecule has 0 radical (unpaired) electrons. The van der Waals surface area contributed by atoms with Gasteiger partial charge in [0.05, 0.1) is 4.90 Å². The minimum absolute atomic E-state index is 0.0136. The number of nitrogens with zero attached hydrogens (tertiary/aromatic N) is 1. The third-order valence-electron chi connectivity index (χ3n) is 3.93. The van der Waals surface area contributed by atoms with Crippen molar-refractivity contribution in [3.05, 3.63) is 29.6 Å². The van der Waals surface area contributed by atoms with Gasteiger partial charge in [0.1, 0.15) is 5.82 Å². The summed E-state index contributed by atoms with van der Waals surface area (Å²) in [6.07, 6.45) is 2.74. The number of sulfonamides is 1. The molecule has 0 unspecified atom stereocenters. The molecule has 1 aromatic rings. The van der Waals surface area contributed by atoms with Gasteiger partial charge in [-0.25, -0.2) is 12.8 Å². The molecule has 0 aromatic heterocycles. The lowest BCUT2D eigenvalue weighted by atomic mass is 10.0. The lowest BCUT2D eigenvalue weighted by molar-refractivity contribution is 0.204. The summed E-state index contributed by atoms with van der Waals surface area (Å²) in [6.45, 7) is 3.82. The smallest absolute Gasteiger partial charge is 0.243 e. The maximum absolute atomic E-state index is 13.5. The second-order valence-corrected chi connectivity index (χ2v) is 7.26. The fourth-order valence-electron chi connectivity index (χ4n) is 2.86. The van der Waals surface area contributed by atoms with Gasteiger partial charge in [0, 0.05) is 24.2 Å². The first-order chi connectivity index (χ1) is 9.37. The van der Waals surface area contributed by atoms with E-state index in [1.54, 1.807) is 4.31 Å². The lowest BCUT2D eigenvalue weighted by Crippen LogP contribution is -2.47. The highest BCUT2D eigenvalue weighted by atomic mass is 32.2. The van der Waals surface area contributed by atoms with Crippen molar-refractivity contribution < 1.29 is 12.8 Å². The van der Waals surface area contributed by atoms with Crippen molar-refractivity contribution >= 4 is 10.0 Å². The van der Waals surface area contributed by atoms with Gasteiger partial charge in [-0.2, -0.15) is 4.31 Å². The maximum atomic E-state index is 13.5. The number of nitrogens with two attached hydrogens (primary N) is 1. The van der Waals surface area contributed by atoms with Crippen LogP contribution in [0.15, 0.2) is 23.1 Å². The van der Waals surface area contributed by atoms with Gasteiger partial charge in [0.2, 0.25) is 10.0 Å². The van der Waals surface area contributed by atoms with Crippen molar-refractivity contribution in [1.29, 1.82) is 0 Å². The second-order valence-electron chi connectivity index (χ2n) is 5.42. The minimum Gasteiger partial charge on any atom is -0.326 e. The fraction of sp³-hybridized carbons (Fsp3) is 0.571. The van der Waals surface area contributed by atoms with E-state index in [9.17, 15) is 12.8 Å². The maximum Gasteiger partial charge on any atom is 0.243 e. The molecular formula is C14H21FN2O2S. The van der Waals surface area contributed by atoms with E-state index in [0.717, 1.165) is 19.3 Å². The van der Waals surface area contributed by atoms with E-state index in [0.29, 0.717) is 0 Å². The first-order valence-electron chi connectivity index (χ1n) is 6.90. The molecule has 2 N–H and O–H groups in total. The van der Waals surface area contributed by atoms with Crippen molar-refractivity contribution in [1.82, 2.24) is 4.31 Å². The Hall–Kier alpha value is -0.980. The molecule has 20 heavy (non-hydrogen) atoms. The summed E-state index contributed by atoms with van der Waals surface area (Å²) in [6, 6.07) is 3.77. The number of hydrogen-bond acceptors (Lipinski definition) is 3. The van der Waals surface area contributed by atoms with Gasteiger partial charge in [-0.3, -0.25) is 0 Å². The van der Waals surface area contributed by atoms with E-state index in [1.165, 1.54) is 18.2 Å². The normalized spacial score (nSPS) is 24.8. The predicted octanol–water partition coefficient (Wildman–Crippen LogP) is 2.24. The van der Waals surface area contributed by atoms with Crippen LogP contribution in [0, 0.1) is 5.82 Å². The largest absolute Gasteiger partial charge is 0.326 e. The average molecular weight is 300 g/mol. The van der Waals surface area contributed by atoms with Crippen LogP contribution in [0.4, 0.5) is 4.39 Å². The molecule has 1 saturated heterocycles. The summed E-state index contributed by atoms with van der Waals surface area (Å²) in [4.78, 5) is 0.125. The molecule has 0 amide bonds. The molecule has 0 bridgehead atoms. The fourth-order valence-corrected chi connectivity index (χ4v) is 4.79. The van der Waals surface area contributed by atoms with Gasteiger partial charge in [0.25, 0.3) is 0 Å². The van der Waals surface area contributed by atoms with Gasteiger partial charge in [0.15, 0.2) is 0 Å². The Labute approximate surface area is 119 Å². The highest BCUT2D eigenvalue weighted by Crippen LogP contribution is 2.30. The van der Waals surface area contributed by atoms with Crippen molar-refractivity contribution in [2.75, 3.05) is 0 Å². The predicted molar refractivity (Wildman–Crippen MR) is 76.1 cm³/mol. The van der Waals surface area contributed by atoms with Gasteiger partial charge in [-0.1, -0.05) is 6.42 Å². The Morgan fingerprint density at radius 2 is 1.90 bits per heavy atom. The van der Waals surface area contributed by atoms with Gasteiger partial charge in [-0.05, 0) is 44.9 Å². The van der Waals surface area contributed by atoms with Gasteiger partial charge < -0.3 is 5.73 Å². The standard InChI is InChI=1S/C14H21FN2O2S/c1-10-4-3-5-11(2)17(10)20(18,19)13-6-7-14(15)12(8-13)9-16/h6-8,10-11H,3-5,9,16H2,1-2H3/t10-,11+. The first-order valence-corrected chi connectivity index (χ1v) is 8.34. The molecular weight excluding hydrogens is 279 g/mol. The molecule has 1 aromatic carbocycles. The van der Waals surface area contributed by atoms with Crippen LogP contribution < -0.4 is 5.73 Å². The molecule has 1 aliphatic rings. The highest BCUT2D eigenvalue weighted by molar-refractivity contribution is 7.89. The van der Waals surface area contributed by atoms with Gasteiger partial charge in [-0.15, -0.1) is 0 Å². The quantitative estimate of drug-likeness (QED) is 0.931. The Bertz CT molecular complexity index is 579. The van der Waals surface area contributed by atoms with Crippen molar-refractivity contribution in [3.63, 3.8) is 0 Å². The molecule has 0 spiro atoms. The Morgan fingerprint density at radius 1 is 1.30 bits per heavy atom. The highest BCUT2D eigenvalue weighted by Gasteiger charge is 2.35. The molecule has 0 saturated carbocycles. The van der Waals surface area contributed by atoms with E-state index in [1.807, 2.05) is 13.8 Å². The van der Waals surface area contributed by atoms with E-state index in [-0.39, 0.29) is 29.1 Å². The van der Waals surface area contributed by atoms with Crippen LogP contribution in [0.5, 0.6) is 0 Å². The molecule has 0 aliphatic carbocycles. The molecule has 112 valence electrons. The molecule has 1 heterocycles. The molecule has 1 aliphatic heterocycles. The number of rotatable bonds is 3. The summed E-state index contributed by atoms with van der Waals surface area (Å²) < 4.78 is 40.5. The topological polar surface area (TPSA) is 63.4 Å².